The fourth-order valence-corrected chi connectivity index (χ4v) is 3.84. The van der Waals surface area contributed by atoms with Crippen LogP contribution in [0.1, 0.15) is 25.7 Å². The molecule has 2 aliphatic rings. The standard InChI is InChI=1S/C12H14ClN5O/c13-7-3-8-1-2-9(4-7)18(8)10-5-11-15-16-12(19)17(11)6-14-10/h5-9H,1-4H2,(H,16,19). The van der Waals surface area contributed by atoms with Gasteiger partial charge < -0.3 is 4.90 Å². The van der Waals surface area contributed by atoms with Crippen molar-refractivity contribution in [2.75, 3.05) is 4.90 Å². The fourth-order valence-electron chi connectivity index (χ4n) is 3.43. The molecule has 0 aliphatic carbocycles. The normalized spacial score (nSPS) is 30.2. The Hall–Kier alpha value is -1.56. The second kappa shape index (κ2) is 3.96. The number of nitrogens with zero attached hydrogens (tertiary/aromatic N) is 4. The van der Waals surface area contributed by atoms with E-state index in [0.29, 0.717) is 17.7 Å². The fraction of sp³-hybridized carbons (Fsp3) is 0.583. The smallest absolute Gasteiger partial charge is 0.348 e. The Morgan fingerprint density at radius 3 is 2.79 bits per heavy atom. The number of hydrogen-bond donors (Lipinski definition) is 1. The Bertz CT molecular complexity index is 666. The molecule has 2 saturated heterocycles. The van der Waals surface area contributed by atoms with Gasteiger partial charge in [-0.25, -0.2) is 19.3 Å². The van der Waals surface area contributed by atoms with Crippen molar-refractivity contribution < 1.29 is 0 Å². The predicted octanol–water partition coefficient (Wildman–Crippen LogP) is 1.16. The van der Waals surface area contributed by atoms with E-state index in [9.17, 15) is 4.79 Å². The number of anilines is 1. The van der Waals surface area contributed by atoms with E-state index in [1.165, 1.54) is 17.2 Å². The van der Waals surface area contributed by atoms with Crippen LogP contribution in [0, 0.1) is 0 Å². The van der Waals surface area contributed by atoms with Crippen LogP contribution >= 0.6 is 11.6 Å². The Morgan fingerprint density at radius 1 is 1.32 bits per heavy atom. The summed E-state index contributed by atoms with van der Waals surface area (Å²) in [5.74, 6) is 0.905. The van der Waals surface area contributed by atoms with Crippen molar-refractivity contribution in [3.8, 4) is 0 Å². The van der Waals surface area contributed by atoms with Crippen molar-refractivity contribution in [1.29, 1.82) is 0 Å². The molecule has 0 radical (unpaired) electrons. The molecule has 6 nitrogen and oxygen atoms in total. The molecule has 2 aromatic heterocycles. The zero-order chi connectivity index (χ0) is 13.0. The first kappa shape index (κ1) is 11.3. The molecule has 0 spiro atoms. The molecule has 0 saturated carbocycles. The average Bonchev–Trinajstić information content (AvgIpc) is 2.89. The zero-order valence-electron chi connectivity index (χ0n) is 10.3. The summed E-state index contributed by atoms with van der Waals surface area (Å²) in [7, 11) is 0. The van der Waals surface area contributed by atoms with Gasteiger partial charge in [-0.05, 0) is 25.7 Å². The minimum atomic E-state index is -0.253. The average molecular weight is 280 g/mol. The van der Waals surface area contributed by atoms with Gasteiger partial charge in [0.05, 0.1) is 0 Å². The topological polar surface area (TPSA) is 66.3 Å². The van der Waals surface area contributed by atoms with Gasteiger partial charge in [0.1, 0.15) is 12.1 Å². The number of fused-ring (bicyclic) bond motifs is 3. The number of rotatable bonds is 1. The summed E-state index contributed by atoms with van der Waals surface area (Å²) in [5.41, 5.74) is 0.360. The van der Waals surface area contributed by atoms with E-state index < -0.39 is 0 Å². The van der Waals surface area contributed by atoms with E-state index in [4.69, 9.17) is 11.6 Å². The highest BCUT2D eigenvalue weighted by Gasteiger charge is 2.40. The first-order valence-electron chi connectivity index (χ1n) is 6.57. The predicted molar refractivity (Wildman–Crippen MR) is 71.8 cm³/mol. The summed E-state index contributed by atoms with van der Waals surface area (Å²) in [4.78, 5) is 18.2. The van der Waals surface area contributed by atoms with Crippen LogP contribution in [0.15, 0.2) is 17.2 Å². The van der Waals surface area contributed by atoms with Crippen molar-refractivity contribution in [2.24, 2.45) is 0 Å². The molecule has 2 atom stereocenters. The van der Waals surface area contributed by atoms with Gasteiger partial charge in [-0.3, -0.25) is 0 Å². The maximum Gasteiger partial charge on any atom is 0.348 e. The van der Waals surface area contributed by atoms with Crippen LogP contribution in [0.25, 0.3) is 5.65 Å². The largest absolute Gasteiger partial charge is 0.350 e. The molecule has 2 fully saturated rings. The van der Waals surface area contributed by atoms with E-state index in [0.717, 1.165) is 18.7 Å². The van der Waals surface area contributed by atoms with Gasteiger partial charge >= 0.3 is 5.69 Å². The molecular formula is C12H14ClN5O. The minimum Gasteiger partial charge on any atom is -0.350 e. The van der Waals surface area contributed by atoms with Crippen LogP contribution in [-0.4, -0.2) is 37.0 Å². The van der Waals surface area contributed by atoms with Gasteiger partial charge in [0.2, 0.25) is 0 Å². The molecule has 1 N–H and O–H groups in total. The van der Waals surface area contributed by atoms with Gasteiger partial charge in [-0.15, -0.1) is 11.6 Å². The molecule has 7 heteroatoms. The third-order valence-corrected chi connectivity index (χ3v) is 4.59. The first-order chi connectivity index (χ1) is 9.22. The summed E-state index contributed by atoms with van der Waals surface area (Å²) in [6.07, 6.45) is 5.92. The molecule has 4 heterocycles. The highest BCUT2D eigenvalue weighted by atomic mass is 35.5. The lowest BCUT2D eigenvalue weighted by Crippen LogP contribution is -2.44. The number of alkyl halides is 1. The van der Waals surface area contributed by atoms with Crippen LogP contribution < -0.4 is 10.6 Å². The third kappa shape index (κ3) is 1.66. The van der Waals surface area contributed by atoms with Crippen molar-refractivity contribution in [3.05, 3.63) is 22.9 Å². The van der Waals surface area contributed by atoms with Gasteiger partial charge in [-0.2, -0.15) is 5.10 Å². The number of H-pyrrole nitrogens is 1. The molecule has 2 unspecified atom stereocenters. The van der Waals surface area contributed by atoms with E-state index in [1.807, 2.05) is 6.07 Å². The Kier molecular flexibility index (Phi) is 2.35. The van der Waals surface area contributed by atoms with Crippen LogP contribution in [0.2, 0.25) is 0 Å². The lowest BCUT2D eigenvalue weighted by atomic mass is 10.0. The van der Waals surface area contributed by atoms with Gasteiger partial charge in [0.25, 0.3) is 0 Å². The van der Waals surface area contributed by atoms with Gasteiger partial charge in [-0.1, -0.05) is 0 Å². The minimum absolute atomic E-state index is 0.253. The summed E-state index contributed by atoms with van der Waals surface area (Å²) >= 11 is 6.29. The molecule has 0 aromatic carbocycles. The van der Waals surface area contributed by atoms with E-state index in [-0.39, 0.29) is 11.1 Å². The number of hydrogen-bond acceptors (Lipinski definition) is 4. The molecule has 100 valence electrons. The van der Waals surface area contributed by atoms with Crippen LogP contribution in [0.4, 0.5) is 5.82 Å². The Morgan fingerprint density at radius 2 is 2.05 bits per heavy atom. The lowest BCUT2D eigenvalue weighted by Gasteiger charge is -2.37. The highest BCUT2D eigenvalue weighted by molar-refractivity contribution is 6.20. The third-order valence-electron chi connectivity index (χ3n) is 4.24. The summed E-state index contributed by atoms with van der Waals surface area (Å²) in [6, 6.07) is 2.82. The first-order valence-corrected chi connectivity index (χ1v) is 7.01. The molecule has 19 heavy (non-hydrogen) atoms. The highest BCUT2D eigenvalue weighted by Crippen LogP contribution is 2.40. The van der Waals surface area contributed by atoms with E-state index in [1.54, 1.807) is 6.33 Å². The molecular weight excluding hydrogens is 266 g/mol. The maximum atomic E-state index is 11.4. The van der Waals surface area contributed by atoms with Crippen molar-refractivity contribution in [3.63, 3.8) is 0 Å². The molecule has 2 bridgehead atoms. The number of aromatic amines is 1. The second-order valence-electron chi connectivity index (χ2n) is 5.37. The van der Waals surface area contributed by atoms with E-state index in [2.05, 4.69) is 20.1 Å². The monoisotopic (exact) mass is 279 g/mol. The molecule has 2 aromatic rings. The number of aromatic nitrogens is 4. The Balaban J connectivity index is 1.76. The maximum absolute atomic E-state index is 11.4. The lowest BCUT2D eigenvalue weighted by molar-refractivity contribution is 0.470. The molecule has 4 rings (SSSR count). The molecule has 0 amide bonds. The van der Waals surface area contributed by atoms with Gasteiger partial charge in [0.15, 0.2) is 5.65 Å². The zero-order valence-corrected chi connectivity index (χ0v) is 11.0. The van der Waals surface area contributed by atoms with Crippen LogP contribution in [0.5, 0.6) is 0 Å². The quantitative estimate of drug-likeness (QED) is 0.796. The van der Waals surface area contributed by atoms with Crippen molar-refractivity contribution in [2.45, 2.75) is 43.1 Å². The number of halogens is 1. The Labute approximate surface area is 114 Å². The van der Waals surface area contributed by atoms with Crippen molar-refractivity contribution >= 4 is 23.1 Å². The van der Waals surface area contributed by atoms with Crippen LogP contribution in [-0.2, 0) is 0 Å². The molecule has 2 aliphatic heterocycles. The second-order valence-corrected chi connectivity index (χ2v) is 5.98. The number of piperidine rings is 1. The SMILES string of the molecule is O=c1[nH]nc2cc(N3C4CCC3CC(Cl)C4)ncn12. The van der Waals surface area contributed by atoms with E-state index >= 15 is 0 Å². The van der Waals surface area contributed by atoms with Crippen LogP contribution in [0.3, 0.4) is 0 Å². The van der Waals surface area contributed by atoms with Gasteiger partial charge in [0, 0.05) is 23.5 Å². The number of nitrogens with one attached hydrogen (secondary N) is 1. The summed E-state index contributed by atoms with van der Waals surface area (Å²) < 4.78 is 1.42. The van der Waals surface area contributed by atoms with Crippen molar-refractivity contribution in [1.82, 2.24) is 19.6 Å². The summed E-state index contributed by atoms with van der Waals surface area (Å²) in [5, 5.41) is 6.70. The summed E-state index contributed by atoms with van der Waals surface area (Å²) in [6.45, 7) is 0.